The lowest BCUT2D eigenvalue weighted by atomic mass is 10.3. The number of carbonyl (C=O) groups excluding carboxylic acids is 1. The third kappa shape index (κ3) is 3.69. The summed E-state index contributed by atoms with van der Waals surface area (Å²) in [6, 6.07) is 3.28. The van der Waals surface area contributed by atoms with Crippen molar-refractivity contribution in [2.24, 2.45) is 0 Å². The van der Waals surface area contributed by atoms with Crippen LogP contribution in [0.25, 0.3) is 0 Å². The largest absolute Gasteiger partial charge is 0.330 e. The fraction of sp³-hybridized carbons (Fsp3) is 0.231. The molecule has 3 nitrogen and oxygen atoms in total. The number of nitrogens with one attached hydrogen (secondary N) is 1. The van der Waals surface area contributed by atoms with E-state index in [1.54, 1.807) is 22.9 Å². The van der Waals surface area contributed by atoms with Gasteiger partial charge in [0, 0.05) is 18.3 Å². The monoisotopic (exact) mass is 216 g/mol. The highest BCUT2D eigenvalue weighted by Gasteiger charge is 1.92. The first-order valence-corrected chi connectivity index (χ1v) is 5.24. The first-order valence-electron chi connectivity index (χ1n) is 5.24. The standard InChI is InChI=1S/C13H16N2O/c1-2-3-4-5-6-8-15-9-7-12(11-16)10-13(15)14/h2-3,5-7,9-11,14H,4,8H2,1H3/b3-2-,6-5?,14-13?. The van der Waals surface area contributed by atoms with E-state index in [1.165, 1.54) is 0 Å². The molecule has 3 heteroatoms. The van der Waals surface area contributed by atoms with E-state index in [1.807, 2.05) is 19.1 Å². The lowest BCUT2D eigenvalue weighted by Gasteiger charge is -2.02. The maximum atomic E-state index is 10.5. The molecular formula is C13H16N2O. The highest BCUT2D eigenvalue weighted by molar-refractivity contribution is 5.73. The minimum Gasteiger partial charge on any atom is -0.330 e. The molecule has 0 saturated carbocycles. The molecule has 1 heterocycles. The highest BCUT2D eigenvalue weighted by Crippen LogP contribution is 1.92. The van der Waals surface area contributed by atoms with Crippen LogP contribution >= 0.6 is 0 Å². The van der Waals surface area contributed by atoms with Crippen molar-refractivity contribution >= 4 is 6.29 Å². The number of carbonyl (C=O) groups is 1. The zero-order valence-electron chi connectivity index (χ0n) is 9.39. The average molecular weight is 216 g/mol. The molecule has 0 atom stereocenters. The van der Waals surface area contributed by atoms with Crippen LogP contribution in [0.1, 0.15) is 23.7 Å². The number of aldehydes is 1. The van der Waals surface area contributed by atoms with Crippen molar-refractivity contribution < 1.29 is 4.79 Å². The summed E-state index contributed by atoms with van der Waals surface area (Å²) in [6.45, 7) is 2.65. The maximum Gasteiger partial charge on any atom is 0.150 e. The fourth-order valence-electron chi connectivity index (χ4n) is 1.28. The van der Waals surface area contributed by atoms with E-state index >= 15 is 0 Å². The molecule has 1 aromatic rings. The predicted octanol–water partition coefficient (Wildman–Crippen LogP) is 2.30. The van der Waals surface area contributed by atoms with E-state index in [9.17, 15) is 4.79 Å². The number of nitrogens with zero attached hydrogens (tertiary/aromatic N) is 1. The van der Waals surface area contributed by atoms with Gasteiger partial charge in [0.1, 0.15) is 11.8 Å². The number of allylic oxidation sites excluding steroid dienone is 4. The van der Waals surface area contributed by atoms with E-state index in [4.69, 9.17) is 5.41 Å². The first kappa shape index (κ1) is 12.2. The van der Waals surface area contributed by atoms with Gasteiger partial charge in [0.2, 0.25) is 0 Å². The van der Waals surface area contributed by atoms with Gasteiger partial charge in [-0.2, -0.15) is 0 Å². The van der Waals surface area contributed by atoms with Crippen LogP contribution in [0.5, 0.6) is 0 Å². The average Bonchev–Trinajstić information content (AvgIpc) is 2.30. The molecule has 0 bridgehead atoms. The van der Waals surface area contributed by atoms with Gasteiger partial charge in [-0.05, 0) is 25.5 Å². The number of hydrogen-bond donors (Lipinski definition) is 1. The zero-order valence-corrected chi connectivity index (χ0v) is 9.39. The minimum absolute atomic E-state index is 0.347. The Balaban J connectivity index is 2.64. The third-order valence-corrected chi connectivity index (χ3v) is 2.17. The molecule has 16 heavy (non-hydrogen) atoms. The van der Waals surface area contributed by atoms with Gasteiger partial charge in [0.25, 0.3) is 0 Å². The molecule has 0 saturated heterocycles. The molecule has 0 unspecified atom stereocenters. The molecule has 0 spiro atoms. The minimum atomic E-state index is 0.347. The van der Waals surface area contributed by atoms with Crippen LogP contribution in [0.15, 0.2) is 42.6 Å². The van der Waals surface area contributed by atoms with Gasteiger partial charge in [-0.3, -0.25) is 10.2 Å². The molecule has 1 aromatic heterocycles. The molecule has 0 aliphatic heterocycles. The van der Waals surface area contributed by atoms with Crippen molar-refractivity contribution in [1.82, 2.24) is 4.57 Å². The number of rotatable bonds is 5. The second-order valence-electron chi connectivity index (χ2n) is 3.39. The summed E-state index contributed by atoms with van der Waals surface area (Å²) in [6.07, 6.45) is 11.6. The zero-order chi connectivity index (χ0) is 11.8. The van der Waals surface area contributed by atoms with E-state index in [2.05, 4.69) is 12.2 Å². The van der Waals surface area contributed by atoms with Gasteiger partial charge in [-0.1, -0.05) is 24.3 Å². The Morgan fingerprint density at radius 2 is 2.19 bits per heavy atom. The Morgan fingerprint density at radius 1 is 1.38 bits per heavy atom. The summed E-state index contributed by atoms with van der Waals surface area (Å²) in [7, 11) is 0. The van der Waals surface area contributed by atoms with Gasteiger partial charge in [0.15, 0.2) is 0 Å². The summed E-state index contributed by atoms with van der Waals surface area (Å²) < 4.78 is 1.78. The summed E-state index contributed by atoms with van der Waals surface area (Å²) in [5.74, 6) is 0. The van der Waals surface area contributed by atoms with E-state index in [0.29, 0.717) is 17.6 Å². The Kier molecular flexibility index (Phi) is 4.99. The van der Waals surface area contributed by atoms with Gasteiger partial charge in [-0.15, -0.1) is 0 Å². The van der Waals surface area contributed by atoms with Crippen molar-refractivity contribution in [3.63, 3.8) is 0 Å². The Bertz CT molecular complexity index is 455. The van der Waals surface area contributed by atoms with Crippen LogP contribution in [0.4, 0.5) is 0 Å². The van der Waals surface area contributed by atoms with Crippen LogP contribution in [-0.2, 0) is 6.54 Å². The van der Waals surface area contributed by atoms with Crippen LogP contribution < -0.4 is 5.49 Å². The molecule has 0 fully saturated rings. The molecular weight excluding hydrogens is 200 g/mol. The van der Waals surface area contributed by atoms with Crippen molar-refractivity contribution in [1.29, 1.82) is 5.41 Å². The van der Waals surface area contributed by atoms with Crippen molar-refractivity contribution in [2.75, 3.05) is 0 Å². The Morgan fingerprint density at radius 3 is 2.81 bits per heavy atom. The summed E-state index contributed by atoms with van der Waals surface area (Å²) in [5.41, 5.74) is 0.888. The van der Waals surface area contributed by atoms with Crippen molar-refractivity contribution in [3.8, 4) is 0 Å². The molecule has 0 radical (unpaired) electrons. The smallest absolute Gasteiger partial charge is 0.150 e. The normalized spacial score (nSPS) is 11.3. The summed E-state index contributed by atoms with van der Waals surface area (Å²) in [5, 5.41) is 7.69. The SMILES string of the molecule is C/C=C\CC=CCn1ccc(C=O)cc1=N. The Labute approximate surface area is 95.2 Å². The molecule has 0 aromatic carbocycles. The van der Waals surface area contributed by atoms with Crippen LogP contribution in [0.3, 0.4) is 0 Å². The number of hydrogen-bond acceptors (Lipinski definition) is 2. The van der Waals surface area contributed by atoms with Crippen LogP contribution in [0, 0.1) is 5.41 Å². The lowest BCUT2D eigenvalue weighted by molar-refractivity contribution is 0.112. The van der Waals surface area contributed by atoms with Crippen molar-refractivity contribution in [3.05, 3.63) is 53.7 Å². The molecule has 0 aliphatic rings. The third-order valence-electron chi connectivity index (χ3n) is 2.17. The van der Waals surface area contributed by atoms with Crippen LogP contribution in [-0.4, -0.2) is 10.9 Å². The topological polar surface area (TPSA) is 45.9 Å². The number of aromatic nitrogens is 1. The summed E-state index contributed by atoms with van der Waals surface area (Å²) >= 11 is 0. The van der Waals surface area contributed by atoms with E-state index in [0.717, 1.165) is 12.7 Å². The van der Waals surface area contributed by atoms with Crippen molar-refractivity contribution in [2.45, 2.75) is 19.9 Å². The quantitative estimate of drug-likeness (QED) is 0.595. The van der Waals surface area contributed by atoms with E-state index in [-0.39, 0.29) is 0 Å². The molecule has 0 aliphatic carbocycles. The maximum absolute atomic E-state index is 10.5. The van der Waals surface area contributed by atoms with Gasteiger partial charge in [0.05, 0.1) is 0 Å². The lowest BCUT2D eigenvalue weighted by Crippen LogP contribution is -2.18. The van der Waals surface area contributed by atoms with Gasteiger partial charge < -0.3 is 4.57 Å². The molecule has 0 amide bonds. The molecule has 1 rings (SSSR count). The predicted molar refractivity (Wildman–Crippen MR) is 64.2 cm³/mol. The second-order valence-corrected chi connectivity index (χ2v) is 3.39. The molecule has 84 valence electrons. The Hall–Kier alpha value is -1.90. The van der Waals surface area contributed by atoms with E-state index < -0.39 is 0 Å². The number of pyridine rings is 1. The van der Waals surface area contributed by atoms with Crippen LogP contribution in [0.2, 0.25) is 0 Å². The van der Waals surface area contributed by atoms with Gasteiger partial charge in [-0.25, -0.2) is 0 Å². The first-order chi connectivity index (χ1) is 7.77. The molecule has 1 N–H and O–H groups in total. The fourth-order valence-corrected chi connectivity index (χ4v) is 1.28. The summed E-state index contributed by atoms with van der Waals surface area (Å²) in [4.78, 5) is 10.5. The second kappa shape index (κ2) is 6.56. The van der Waals surface area contributed by atoms with Gasteiger partial charge >= 0.3 is 0 Å². The highest BCUT2D eigenvalue weighted by atomic mass is 16.1.